The number of aliphatic hydroxyl groups is 6. The number of aliphatic carboxylic acids is 1. The Morgan fingerprint density at radius 1 is 1.04 bits per heavy atom. The van der Waals surface area contributed by atoms with Crippen molar-refractivity contribution < 1.29 is 59.5 Å². The standard InChI is InChI=1S/C15H23NO12/c1-2-5(18)16-6-11(7(19)4(3-17)26-14(6)25)27-15-10(22)8(20)9(21)12(28-15)13(23)24/h2,4,6-12,14-15,17,19-22,25H,1,3H2,(H,16,18)(H,23,24)/t4-,6-,7-,8+,9+,10-,11-,12+,14-,15-/m1/s1. The second-order valence-corrected chi connectivity index (χ2v) is 6.31. The number of hydrogen-bond donors (Lipinski definition) is 8. The predicted molar refractivity (Wildman–Crippen MR) is 85.3 cm³/mol. The molecule has 1 amide bonds. The number of carbonyl (C=O) groups is 2. The van der Waals surface area contributed by atoms with Gasteiger partial charge in [-0.2, -0.15) is 0 Å². The first kappa shape index (κ1) is 22.6. The third-order valence-electron chi connectivity index (χ3n) is 4.47. The minimum atomic E-state index is -1.96. The number of ether oxygens (including phenoxy) is 3. The third kappa shape index (κ3) is 4.48. The van der Waals surface area contributed by atoms with Crippen LogP contribution >= 0.6 is 0 Å². The van der Waals surface area contributed by atoms with E-state index in [1.165, 1.54) is 0 Å². The molecule has 8 N–H and O–H groups in total. The van der Waals surface area contributed by atoms with Crippen molar-refractivity contribution in [3.8, 4) is 0 Å². The molecule has 13 nitrogen and oxygen atoms in total. The molecule has 0 aromatic rings. The second kappa shape index (κ2) is 9.21. The SMILES string of the molecule is C=CC(=O)N[C@@H]1[C@@H](O[C@@H]2O[C@H](C(=O)O)[C@@H](O)[C@H](O)[C@H]2O)[C@H](O)[C@@H](CO)O[C@H]1O. The molecule has 2 heterocycles. The molecule has 28 heavy (non-hydrogen) atoms. The van der Waals surface area contributed by atoms with Crippen molar-refractivity contribution in [2.75, 3.05) is 6.61 Å². The van der Waals surface area contributed by atoms with Crippen LogP contribution in [0.1, 0.15) is 0 Å². The van der Waals surface area contributed by atoms with Crippen LogP contribution in [0.4, 0.5) is 0 Å². The summed E-state index contributed by atoms with van der Waals surface area (Å²) in [6.45, 7) is 2.49. The van der Waals surface area contributed by atoms with Crippen LogP contribution in [-0.2, 0) is 23.8 Å². The van der Waals surface area contributed by atoms with Crippen LogP contribution in [0.5, 0.6) is 0 Å². The van der Waals surface area contributed by atoms with Gasteiger partial charge in [0, 0.05) is 0 Å². The van der Waals surface area contributed by atoms with Crippen LogP contribution in [0.2, 0.25) is 0 Å². The third-order valence-corrected chi connectivity index (χ3v) is 4.47. The summed E-state index contributed by atoms with van der Waals surface area (Å²) >= 11 is 0. The van der Waals surface area contributed by atoms with Gasteiger partial charge in [0.1, 0.15) is 42.7 Å². The summed E-state index contributed by atoms with van der Waals surface area (Å²) in [5.74, 6) is -2.43. The van der Waals surface area contributed by atoms with Gasteiger partial charge < -0.3 is 55.3 Å². The highest BCUT2D eigenvalue weighted by molar-refractivity contribution is 5.87. The topological polar surface area (TPSA) is 215 Å². The normalized spacial score (nSPS) is 43.9. The average Bonchev–Trinajstić information content (AvgIpc) is 2.66. The molecule has 0 saturated carbocycles. The fourth-order valence-electron chi connectivity index (χ4n) is 2.94. The molecule has 2 aliphatic rings. The molecule has 0 aliphatic carbocycles. The quantitative estimate of drug-likeness (QED) is 0.194. The molecule has 2 fully saturated rings. The van der Waals surface area contributed by atoms with Gasteiger partial charge >= 0.3 is 5.97 Å². The molecule has 2 rings (SSSR count). The lowest BCUT2D eigenvalue weighted by Gasteiger charge is -2.46. The summed E-state index contributed by atoms with van der Waals surface area (Å²) in [4.78, 5) is 22.8. The molecule has 0 aromatic carbocycles. The Balaban J connectivity index is 2.27. The Labute approximate surface area is 158 Å². The minimum absolute atomic E-state index is 0.743. The molecule has 10 atom stereocenters. The van der Waals surface area contributed by atoms with Gasteiger partial charge in [-0.25, -0.2) is 4.79 Å². The lowest BCUT2D eigenvalue weighted by atomic mass is 9.95. The highest BCUT2D eigenvalue weighted by Gasteiger charge is 2.52. The first-order valence-corrected chi connectivity index (χ1v) is 8.25. The summed E-state index contributed by atoms with van der Waals surface area (Å²) in [7, 11) is 0. The number of carboxylic acids is 1. The molecule has 13 heteroatoms. The van der Waals surface area contributed by atoms with E-state index in [9.17, 15) is 40.2 Å². The van der Waals surface area contributed by atoms with E-state index in [4.69, 9.17) is 19.3 Å². The monoisotopic (exact) mass is 409 g/mol. The van der Waals surface area contributed by atoms with Gasteiger partial charge in [-0.1, -0.05) is 6.58 Å². The van der Waals surface area contributed by atoms with E-state index in [0.29, 0.717) is 0 Å². The molecule has 0 spiro atoms. The van der Waals surface area contributed by atoms with Crippen LogP contribution in [-0.4, -0.2) is 116 Å². The smallest absolute Gasteiger partial charge is 0.335 e. The molecular formula is C15H23NO12. The fraction of sp³-hybridized carbons (Fsp3) is 0.733. The molecule has 0 aromatic heterocycles. The van der Waals surface area contributed by atoms with E-state index in [2.05, 4.69) is 11.9 Å². The van der Waals surface area contributed by atoms with Gasteiger partial charge in [0.25, 0.3) is 0 Å². The highest BCUT2D eigenvalue weighted by atomic mass is 16.7. The molecule has 2 saturated heterocycles. The van der Waals surface area contributed by atoms with Crippen molar-refractivity contribution in [1.82, 2.24) is 5.32 Å². The minimum Gasteiger partial charge on any atom is -0.479 e. The molecule has 2 aliphatic heterocycles. The largest absolute Gasteiger partial charge is 0.479 e. The van der Waals surface area contributed by atoms with Crippen molar-refractivity contribution in [2.45, 2.75) is 61.3 Å². The summed E-state index contributed by atoms with van der Waals surface area (Å²) in [5.41, 5.74) is 0. The molecule has 0 bridgehead atoms. The van der Waals surface area contributed by atoms with Gasteiger partial charge in [-0.05, 0) is 6.08 Å². The maximum Gasteiger partial charge on any atom is 0.335 e. The van der Waals surface area contributed by atoms with Crippen LogP contribution in [0.15, 0.2) is 12.7 Å². The number of rotatable bonds is 6. The zero-order valence-electron chi connectivity index (χ0n) is 14.4. The van der Waals surface area contributed by atoms with Crippen LogP contribution in [0.25, 0.3) is 0 Å². The van der Waals surface area contributed by atoms with Gasteiger partial charge in [-0.3, -0.25) is 4.79 Å². The summed E-state index contributed by atoms with van der Waals surface area (Å²) < 4.78 is 15.3. The maximum absolute atomic E-state index is 11.6. The maximum atomic E-state index is 11.6. The van der Waals surface area contributed by atoms with Gasteiger partial charge in [0.15, 0.2) is 18.7 Å². The summed E-state index contributed by atoms with van der Waals surface area (Å²) in [5, 5.41) is 70.6. The lowest BCUT2D eigenvalue weighted by Crippen LogP contribution is -2.67. The summed E-state index contributed by atoms with van der Waals surface area (Å²) in [6.07, 6.45) is -15.2. The van der Waals surface area contributed by atoms with E-state index in [1.54, 1.807) is 0 Å². The van der Waals surface area contributed by atoms with Crippen molar-refractivity contribution in [3.63, 3.8) is 0 Å². The lowest BCUT2D eigenvalue weighted by molar-refractivity contribution is -0.336. The summed E-state index contributed by atoms with van der Waals surface area (Å²) in [6, 6.07) is -1.44. The highest BCUT2D eigenvalue weighted by Crippen LogP contribution is 2.28. The van der Waals surface area contributed by atoms with Crippen molar-refractivity contribution in [1.29, 1.82) is 0 Å². The van der Waals surface area contributed by atoms with Gasteiger partial charge in [-0.15, -0.1) is 0 Å². The van der Waals surface area contributed by atoms with E-state index in [-0.39, 0.29) is 0 Å². The van der Waals surface area contributed by atoms with Crippen molar-refractivity contribution in [2.24, 2.45) is 0 Å². The van der Waals surface area contributed by atoms with Crippen LogP contribution < -0.4 is 5.32 Å². The van der Waals surface area contributed by atoms with E-state index in [1.807, 2.05) is 0 Å². The zero-order valence-corrected chi connectivity index (χ0v) is 14.4. The predicted octanol–water partition coefficient (Wildman–Crippen LogP) is -4.99. The Morgan fingerprint density at radius 3 is 2.21 bits per heavy atom. The number of carbonyl (C=O) groups excluding carboxylic acids is 1. The number of amides is 1. The van der Waals surface area contributed by atoms with Crippen LogP contribution in [0, 0.1) is 0 Å². The molecule has 0 radical (unpaired) electrons. The van der Waals surface area contributed by atoms with Gasteiger partial charge in [0.05, 0.1) is 6.61 Å². The zero-order chi connectivity index (χ0) is 21.2. The van der Waals surface area contributed by atoms with E-state index in [0.717, 1.165) is 6.08 Å². The van der Waals surface area contributed by atoms with Crippen LogP contribution in [0.3, 0.4) is 0 Å². The number of carboxylic acid groups (broad SMARTS) is 1. The molecule has 160 valence electrons. The Bertz CT molecular complexity index is 587. The Kier molecular flexibility index (Phi) is 7.44. The average molecular weight is 409 g/mol. The first-order valence-electron chi connectivity index (χ1n) is 8.25. The first-order chi connectivity index (χ1) is 13.1. The van der Waals surface area contributed by atoms with Crippen molar-refractivity contribution in [3.05, 3.63) is 12.7 Å². The van der Waals surface area contributed by atoms with E-state index >= 15 is 0 Å². The fourth-order valence-corrected chi connectivity index (χ4v) is 2.94. The number of nitrogens with one attached hydrogen (secondary N) is 1. The Morgan fingerprint density at radius 2 is 1.68 bits per heavy atom. The second-order valence-electron chi connectivity index (χ2n) is 6.31. The number of aliphatic hydroxyl groups excluding tert-OH is 6. The molecular weight excluding hydrogens is 386 g/mol. The van der Waals surface area contributed by atoms with E-state index < -0.39 is 79.8 Å². The molecule has 0 unspecified atom stereocenters. The van der Waals surface area contributed by atoms with Gasteiger partial charge in [0.2, 0.25) is 5.91 Å². The van der Waals surface area contributed by atoms with Crippen molar-refractivity contribution >= 4 is 11.9 Å². The number of hydrogen-bond acceptors (Lipinski definition) is 11. The Hall–Kier alpha value is -1.68.